The molecule has 0 bridgehead atoms. The Morgan fingerprint density at radius 1 is 1.40 bits per heavy atom. The minimum Gasteiger partial charge on any atom is -0.380 e. The van der Waals surface area contributed by atoms with E-state index in [2.05, 4.69) is 17.6 Å². The summed E-state index contributed by atoms with van der Waals surface area (Å²) in [7, 11) is 0. The van der Waals surface area contributed by atoms with Gasteiger partial charge in [0.05, 0.1) is 19.8 Å². The van der Waals surface area contributed by atoms with Crippen LogP contribution in [0.4, 0.5) is 0 Å². The van der Waals surface area contributed by atoms with E-state index in [1.807, 2.05) is 20.8 Å². The van der Waals surface area contributed by atoms with Gasteiger partial charge in [-0.15, -0.1) is 0 Å². The van der Waals surface area contributed by atoms with E-state index < -0.39 is 0 Å². The molecule has 1 amide bonds. The van der Waals surface area contributed by atoms with Crippen LogP contribution in [0.1, 0.15) is 27.7 Å². The normalized spacial score (nSPS) is 19.5. The maximum Gasteiger partial charge on any atom is 0.233 e. The van der Waals surface area contributed by atoms with Crippen molar-refractivity contribution in [2.24, 2.45) is 5.41 Å². The van der Waals surface area contributed by atoms with Gasteiger partial charge in [0, 0.05) is 17.5 Å². The highest BCUT2D eigenvalue weighted by Crippen LogP contribution is 2.24. The molecule has 88 valence electrons. The number of nitrogens with one attached hydrogen (secondary N) is 2. The van der Waals surface area contributed by atoms with E-state index in [1.54, 1.807) is 0 Å². The summed E-state index contributed by atoms with van der Waals surface area (Å²) in [6.45, 7) is 10.8. The first kappa shape index (κ1) is 12.5. The van der Waals surface area contributed by atoms with Crippen LogP contribution in [-0.4, -0.2) is 37.7 Å². The summed E-state index contributed by atoms with van der Waals surface area (Å²) in [5, 5.41) is 6.07. The van der Waals surface area contributed by atoms with Crippen LogP contribution in [0.2, 0.25) is 0 Å². The SMILES string of the molecule is CC1(CNC(=O)CNC(C)(C)C)COC1. The van der Waals surface area contributed by atoms with E-state index in [0.29, 0.717) is 13.1 Å². The van der Waals surface area contributed by atoms with Crippen LogP contribution in [0.5, 0.6) is 0 Å². The Balaban J connectivity index is 2.14. The zero-order valence-corrected chi connectivity index (χ0v) is 10.1. The van der Waals surface area contributed by atoms with Crippen molar-refractivity contribution < 1.29 is 9.53 Å². The third kappa shape index (κ3) is 4.62. The molecule has 0 radical (unpaired) electrons. The molecule has 2 N–H and O–H groups in total. The van der Waals surface area contributed by atoms with Gasteiger partial charge in [-0.1, -0.05) is 6.92 Å². The lowest BCUT2D eigenvalue weighted by Crippen LogP contribution is -2.51. The molecule has 0 aliphatic carbocycles. The molecule has 1 heterocycles. The molecule has 0 spiro atoms. The molecule has 15 heavy (non-hydrogen) atoms. The minimum atomic E-state index is -0.0131. The average molecular weight is 214 g/mol. The van der Waals surface area contributed by atoms with Gasteiger partial charge >= 0.3 is 0 Å². The second-order valence-electron chi connectivity index (χ2n) is 5.68. The molecule has 0 saturated carbocycles. The molecule has 0 aromatic heterocycles. The van der Waals surface area contributed by atoms with Gasteiger partial charge in [-0.2, -0.15) is 0 Å². The van der Waals surface area contributed by atoms with Crippen LogP contribution in [0.25, 0.3) is 0 Å². The Hall–Kier alpha value is -0.610. The van der Waals surface area contributed by atoms with Gasteiger partial charge < -0.3 is 15.4 Å². The molecule has 4 nitrogen and oxygen atoms in total. The topological polar surface area (TPSA) is 50.4 Å². The summed E-state index contributed by atoms with van der Waals surface area (Å²) >= 11 is 0. The minimum absolute atomic E-state index is 0.0131. The van der Waals surface area contributed by atoms with Crippen LogP contribution in [0, 0.1) is 5.41 Å². The third-order valence-electron chi connectivity index (χ3n) is 2.39. The van der Waals surface area contributed by atoms with Crippen molar-refractivity contribution in [1.82, 2.24) is 10.6 Å². The van der Waals surface area contributed by atoms with E-state index in [-0.39, 0.29) is 16.9 Å². The van der Waals surface area contributed by atoms with Crippen LogP contribution < -0.4 is 10.6 Å². The lowest BCUT2D eigenvalue weighted by atomic mass is 9.89. The third-order valence-corrected chi connectivity index (χ3v) is 2.39. The van der Waals surface area contributed by atoms with Gasteiger partial charge in [0.2, 0.25) is 5.91 Å². The smallest absolute Gasteiger partial charge is 0.233 e. The first-order valence-electron chi connectivity index (χ1n) is 5.40. The van der Waals surface area contributed by atoms with Crippen molar-refractivity contribution in [3.05, 3.63) is 0 Å². The van der Waals surface area contributed by atoms with Gasteiger partial charge in [0.25, 0.3) is 0 Å². The summed E-state index contributed by atoms with van der Waals surface area (Å²) in [4.78, 5) is 11.5. The molecule has 1 saturated heterocycles. The Labute approximate surface area is 91.8 Å². The molecular formula is C11H22N2O2. The van der Waals surface area contributed by atoms with Crippen molar-refractivity contribution in [3.8, 4) is 0 Å². The number of rotatable bonds is 4. The zero-order valence-electron chi connectivity index (χ0n) is 10.1. The van der Waals surface area contributed by atoms with Crippen molar-refractivity contribution in [1.29, 1.82) is 0 Å². The Bertz CT molecular complexity index is 229. The highest BCUT2D eigenvalue weighted by Gasteiger charge is 2.33. The van der Waals surface area contributed by atoms with E-state index in [0.717, 1.165) is 13.2 Å². The molecule has 4 heteroatoms. The van der Waals surface area contributed by atoms with Gasteiger partial charge in [-0.3, -0.25) is 4.79 Å². The number of hydrogen-bond donors (Lipinski definition) is 2. The lowest BCUT2D eigenvalue weighted by molar-refractivity contribution is -0.126. The second kappa shape index (κ2) is 4.49. The summed E-state index contributed by atoms with van der Waals surface area (Å²) in [5.41, 5.74) is 0.137. The fourth-order valence-electron chi connectivity index (χ4n) is 1.27. The maximum absolute atomic E-state index is 11.5. The maximum atomic E-state index is 11.5. The Morgan fingerprint density at radius 3 is 2.40 bits per heavy atom. The molecule has 0 aromatic rings. The average Bonchev–Trinajstić information content (AvgIpc) is 2.07. The van der Waals surface area contributed by atoms with Crippen molar-refractivity contribution in [3.63, 3.8) is 0 Å². The van der Waals surface area contributed by atoms with E-state index in [9.17, 15) is 4.79 Å². The number of carbonyl (C=O) groups excluding carboxylic acids is 1. The molecule has 0 aromatic carbocycles. The van der Waals surface area contributed by atoms with E-state index >= 15 is 0 Å². The molecule has 1 aliphatic rings. The number of hydrogen-bond acceptors (Lipinski definition) is 3. The van der Waals surface area contributed by atoms with E-state index in [4.69, 9.17) is 4.74 Å². The van der Waals surface area contributed by atoms with E-state index in [1.165, 1.54) is 0 Å². The highest BCUT2D eigenvalue weighted by molar-refractivity contribution is 5.78. The zero-order chi connectivity index (χ0) is 11.5. The summed E-state index contributed by atoms with van der Waals surface area (Å²) in [5.74, 6) is 0.0538. The molecule has 1 aliphatic heterocycles. The van der Waals surface area contributed by atoms with Crippen LogP contribution >= 0.6 is 0 Å². The largest absolute Gasteiger partial charge is 0.380 e. The Morgan fingerprint density at radius 2 is 2.00 bits per heavy atom. The molecule has 1 fully saturated rings. The first-order chi connectivity index (χ1) is 6.81. The monoisotopic (exact) mass is 214 g/mol. The highest BCUT2D eigenvalue weighted by atomic mass is 16.5. The van der Waals surface area contributed by atoms with Crippen molar-refractivity contribution in [2.45, 2.75) is 33.2 Å². The second-order valence-corrected chi connectivity index (χ2v) is 5.68. The standard InChI is InChI=1S/C11H22N2O2/c1-10(2,3)13-5-9(14)12-6-11(4)7-15-8-11/h13H,5-8H2,1-4H3,(H,12,14). The van der Waals surface area contributed by atoms with Crippen molar-refractivity contribution in [2.75, 3.05) is 26.3 Å². The summed E-state index contributed by atoms with van der Waals surface area (Å²) < 4.78 is 5.12. The summed E-state index contributed by atoms with van der Waals surface area (Å²) in [6, 6.07) is 0. The number of amides is 1. The number of carbonyl (C=O) groups is 1. The quantitative estimate of drug-likeness (QED) is 0.717. The summed E-state index contributed by atoms with van der Waals surface area (Å²) in [6.07, 6.45) is 0. The predicted octanol–water partition coefficient (Wildman–Crippen LogP) is 0.527. The van der Waals surface area contributed by atoms with Gasteiger partial charge in [0.1, 0.15) is 0 Å². The first-order valence-corrected chi connectivity index (χ1v) is 5.40. The van der Waals surface area contributed by atoms with Crippen LogP contribution in [0.15, 0.2) is 0 Å². The fraction of sp³-hybridized carbons (Fsp3) is 0.909. The number of ether oxygens (including phenoxy) is 1. The fourth-order valence-corrected chi connectivity index (χ4v) is 1.27. The Kier molecular flexibility index (Phi) is 3.73. The lowest BCUT2D eigenvalue weighted by Gasteiger charge is -2.38. The molecule has 0 unspecified atom stereocenters. The van der Waals surface area contributed by atoms with Gasteiger partial charge in [-0.05, 0) is 20.8 Å². The van der Waals surface area contributed by atoms with Gasteiger partial charge in [-0.25, -0.2) is 0 Å². The van der Waals surface area contributed by atoms with Crippen LogP contribution in [-0.2, 0) is 9.53 Å². The van der Waals surface area contributed by atoms with Crippen molar-refractivity contribution >= 4 is 5.91 Å². The van der Waals surface area contributed by atoms with Gasteiger partial charge in [0.15, 0.2) is 0 Å². The predicted molar refractivity (Wildman–Crippen MR) is 59.7 cm³/mol. The molecule has 0 atom stereocenters. The van der Waals surface area contributed by atoms with Crippen LogP contribution in [0.3, 0.4) is 0 Å². The molecular weight excluding hydrogens is 192 g/mol. The molecule has 1 rings (SSSR count).